The van der Waals surface area contributed by atoms with Crippen molar-refractivity contribution < 1.29 is 4.74 Å². The predicted molar refractivity (Wildman–Crippen MR) is 89.6 cm³/mol. The summed E-state index contributed by atoms with van der Waals surface area (Å²) in [6, 6.07) is 5.44. The van der Waals surface area contributed by atoms with Gasteiger partial charge in [-0.05, 0) is 32.9 Å². The standard InChI is InChI=1S/C17H21ClN2O2/c1-10-7-20(8-11(2)22-10)9-14-12(3)19-16-13(17(14)21)5-4-6-15(16)18/h4-6,10-11H,7-9H2,1-3H3,(H,19,21)/t10-,11+. The van der Waals surface area contributed by atoms with E-state index < -0.39 is 0 Å². The molecule has 0 aliphatic carbocycles. The summed E-state index contributed by atoms with van der Waals surface area (Å²) in [7, 11) is 0. The van der Waals surface area contributed by atoms with Gasteiger partial charge in [-0.25, -0.2) is 0 Å². The number of para-hydroxylation sites is 1. The Morgan fingerprint density at radius 3 is 2.68 bits per heavy atom. The maximum absolute atomic E-state index is 12.8. The number of aryl methyl sites for hydroxylation is 1. The molecule has 1 saturated heterocycles. The summed E-state index contributed by atoms with van der Waals surface area (Å²) in [6.45, 7) is 8.40. The van der Waals surface area contributed by atoms with Crippen LogP contribution in [0.2, 0.25) is 5.02 Å². The minimum absolute atomic E-state index is 0.0700. The van der Waals surface area contributed by atoms with Crippen LogP contribution in [0.1, 0.15) is 25.1 Å². The van der Waals surface area contributed by atoms with Crippen LogP contribution in [0, 0.1) is 6.92 Å². The van der Waals surface area contributed by atoms with Crippen molar-refractivity contribution in [3.63, 3.8) is 0 Å². The van der Waals surface area contributed by atoms with Gasteiger partial charge in [0.25, 0.3) is 0 Å². The number of nitrogens with zero attached hydrogens (tertiary/aromatic N) is 1. The van der Waals surface area contributed by atoms with Crippen molar-refractivity contribution in [2.24, 2.45) is 0 Å². The lowest BCUT2D eigenvalue weighted by Crippen LogP contribution is -2.45. The van der Waals surface area contributed by atoms with Gasteiger partial charge in [0.05, 0.1) is 22.7 Å². The first-order chi connectivity index (χ1) is 10.5. The number of rotatable bonds is 2. The molecule has 1 N–H and O–H groups in total. The van der Waals surface area contributed by atoms with Gasteiger partial charge in [0.2, 0.25) is 0 Å². The van der Waals surface area contributed by atoms with E-state index in [9.17, 15) is 4.79 Å². The maximum Gasteiger partial charge on any atom is 0.194 e. The molecule has 1 aromatic heterocycles. The molecule has 0 unspecified atom stereocenters. The molecular weight excluding hydrogens is 300 g/mol. The molecule has 0 saturated carbocycles. The fraction of sp³-hybridized carbons (Fsp3) is 0.471. The van der Waals surface area contributed by atoms with Gasteiger partial charge < -0.3 is 9.72 Å². The van der Waals surface area contributed by atoms with Crippen LogP contribution in [0.15, 0.2) is 23.0 Å². The number of aromatic amines is 1. The molecule has 22 heavy (non-hydrogen) atoms. The van der Waals surface area contributed by atoms with Gasteiger partial charge in [-0.1, -0.05) is 17.7 Å². The molecule has 2 atom stereocenters. The van der Waals surface area contributed by atoms with Crippen LogP contribution >= 0.6 is 11.6 Å². The first-order valence-electron chi connectivity index (χ1n) is 7.63. The minimum atomic E-state index is 0.0700. The second kappa shape index (κ2) is 6.03. The van der Waals surface area contributed by atoms with Crippen LogP contribution < -0.4 is 5.43 Å². The van der Waals surface area contributed by atoms with E-state index in [1.54, 1.807) is 6.07 Å². The summed E-state index contributed by atoms with van der Waals surface area (Å²) in [5, 5.41) is 1.24. The van der Waals surface area contributed by atoms with Crippen molar-refractivity contribution in [3.05, 3.63) is 44.7 Å². The Labute approximate surface area is 135 Å². The summed E-state index contributed by atoms with van der Waals surface area (Å²) < 4.78 is 5.76. The van der Waals surface area contributed by atoms with Crippen LogP contribution in [0.3, 0.4) is 0 Å². The highest BCUT2D eigenvalue weighted by Gasteiger charge is 2.23. The number of aromatic nitrogens is 1. The molecule has 4 nitrogen and oxygen atoms in total. The number of nitrogens with one attached hydrogen (secondary N) is 1. The zero-order valence-corrected chi connectivity index (χ0v) is 13.9. The van der Waals surface area contributed by atoms with E-state index in [0.29, 0.717) is 17.0 Å². The molecule has 5 heteroatoms. The van der Waals surface area contributed by atoms with E-state index in [1.165, 1.54) is 0 Å². The van der Waals surface area contributed by atoms with Crippen molar-refractivity contribution in [2.45, 2.75) is 39.5 Å². The molecule has 0 spiro atoms. The number of hydrogen-bond donors (Lipinski definition) is 1. The number of fused-ring (bicyclic) bond motifs is 1. The molecule has 118 valence electrons. The van der Waals surface area contributed by atoms with Gasteiger partial charge in [-0.15, -0.1) is 0 Å². The second-order valence-electron chi connectivity index (χ2n) is 6.17. The van der Waals surface area contributed by atoms with Crippen LogP contribution in [0.25, 0.3) is 10.9 Å². The van der Waals surface area contributed by atoms with Gasteiger partial charge in [-0.3, -0.25) is 9.69 Å². The van der Waals surface area contributed by atoms with Gasteiger partial charge in [0.1, 0.15) is 0 Å². The zero-order valence-electron chi connectivity index (χ0n) is 13.1. The van der Waals surface area contributed by atoms with Crippen molar-refractivity contribution in [1.29, 1.82) is 0 Å². The molecule has 1 aromatic carbocycles. The molecular formula is C17H21ClN2O2. The SMILES string of the molecule is Cc1[nH]c2c(Cl)cccc2c(=O)c1CN1C[C@@H](C)O[C@@H](C)C1. The number of halogens is 1. The summed E-state index contributed by atoms with van der Waals surface area (Å²) in [4.78, 5) is 18.4. The Bertz CT molecular complexity index is 746. The van der Waals surface area contributed by atoms with Crippen LogP contribution in [-0.2, 0) is 11.3 Å². The van der Waals surface area contributed by atoms with Crippen LogP contribution in [0.4, 0.5) is 0 Å². The van der Waals surface area contributed by atoms with E-state index in [-0.39, 0.29) is 17.6 Å². The number of hydrogen-bond acceptors (Lipinski definition) is 3. The van der Waals surface area contributed by atoms with Crippen molar-refractivity contribution in [2.75, 3.05) is 13.1 Å². The van der Waals surface area contributed by atoms with Gasteiger partial charge >= 0.3 is 0 Å². The minimum Gasteiger partial charge on any atom is -0.373 e. The monoisotopic (exact) mass is 320 g/mol. The lowest BCUT2D eigenvalue weighted by atomic mass is 10.1. The predicted octanol–water partition coefficient (Wildman–Crippen LogP) is 3.10. The van der Waals surface area contributed by atoms with E-state index >= 15 is 0 Å². The van der Waals surface area contributed by atoms with Gasteiger partial charge in [-0.2, -0.15) is 0 Å². The largest absolute Gasteiger partial charge is 0.373 e. The fourth-order valence-corrected chi connectivity index (χ4v) is 3.49. The Hall–Kier alpha value is -1.36. The third-order valence-corrected chi connectivity index (χ3v) is 4.49. The van der Waals surface area contributed by atoms with E-state index in [2.05, 4.69) is 23.7 Å². The average Bonchev–Trinajstić information content (AvgIpc) is 2.44. The zero-order chi connectivity index (χ0) is 15.9. The smallest absolute Gasteiger partial charge is 0.194 e. The first-order valence-corrected chi connectivity index (χ1v) is 8.01. The summed E-state index contributed by atoms with van der Waals surface area (Å²) in [5.74, 6) is 0. The van der Waals surface area contributed by atoms with Crippen molar-refractivity contribution in [3.8, 4) is 0 Å². The Kier molecular flexibility index (Phi) is 4.26. The number of pyridine rings is 1. The normalized spacial score (nSPS) is 23.1. The average molecular weight is 321 g/mol. The molecule has 0 radical (unpaired) electrons. The molecule has 1 fully saturated rings. The summed E-state index contributed by atoms with van der Waals surface area (Å²) in [6.07, 6.45) is 0.385. The van der Waals surface area contributed by atoms with Crippen LogP contribution in [0.5, 0.6) is 0 Å². The molecule has 2 heterocycles. The lowest BCUT2D eigenvalue weighted by Gasteiger charge is -2.35. The molecule has 0 amide bonds. The van der Waals surface area contributed by atoms with Crippen molar-refractivity contribution >= 4 is 22.5 Å². The summed E-state index contributed by atoms with van der Waals surface area (Å²) >= 11 is 6.19. The van der Waals surface area contributed by atoms with Crippen molar-refractivity contribution in [1.82, 2.24) is 9.88 Å². The lowest BCUT2D eigenvalue weighted by molar-refractivity contribution is -0.0706. The van der Waals surface area contributed by atoms with Crippen LogP contribution in [-0.4, -0.2) is 35.2 Å². The van der Waals surface area contributed by atoms with Gasteiger partial charge in [0, 0.05) is 36.3 Å². The number of ether oxygens (including phenoxy) is 1. The summed E-state index contributed by atoms with van der Waals surface area (Å²) in [5.41, 5.74) is 2.49. The highest BCUT2D eigenvalue weighted by molar-refractivity contribution is 6.35. The molecule has 1 aliphatic rings. The third-order valence-electron chi connectivity index (χ3n) is 4.17. The van der Waals surface area contributed by atoms with Gasteiger partial charge in [0.15, 0.2) is 5.43 Å². The Morgan fingerprint density at radius 2 is 2.00 bits per heavy atom. The second-order valence-corrected chi connectivity index (χ2v) is 6.58. The third kappa shape index (κ3) is 2.91. The fourth-order valence-electron chi connectivity index (χ4n) is 3.26. The Morgan fingerprint density at radius 1 is 1.32 bits per heavy atom. The maximum atomic E-state index is 12.8. The molecule has 2 aromatic rings. The quantitative estimate of drug-likeness (QED) is 0.925. The molecule has 3 rings (SSSR count). The highest BCUT2D eigenvalue weighted by Crippen LogP contribution is 2.21. The Balaban J connectivity index is 1.99. The van der Waals surface area contributed by atoms with E-state index in [0.717, 1.165) is 29.9 Å². The highest BCUT2D eigenvalue weighted by atomic mass is 35.5. The molecule has 0 bridgehead atoms. The number of benzene rings is 1. The number of H-pyrrole nitrogens is 1. The van der Waals surface area contributed by atoms with E-state index in [4.69, 9.17) is 16.3 Å². The topological polar surface area (TPSA) is 45.3 Å². The molecule has 1 aliphatic heterocycles. The first kappa shape index (κ1) is 15.5. The number of morpholine rings is 1. The van der Waals surface area contributed by atoms with E-state index in [1.807, 2.05) is 19.1 Å².